The molecule has 5 heteroatoms. The molecule has 2 rings (SSSR count). The van der Waals surface area contributed by atoms with Gasteiger partial charge in [-0.1, -0.05) is 12.1 Å². The van der Waals surface area contributed by atoms with E-state index in [4.69, 9.17) is 4.98 Å². The maximum absolute atomic E-state index is 12.0. The van der Waals surface area contributed by atoms with E-state index in [1.54, 1.807) is 0 Å². The Kier molecular flexibility index (Phi) is 5.55. The highest BCUT2D eigenvalue weighted by atomic mass is 16.1. The summed E-state index contributed by atoms with van der Waals surface area (Å²) in [6.45, 7) is 7.13. The molecule has 0 aliphatic heterocycles. The van der Waals surface area contributed by atoms with Crippen LogP contribution in [0.5, 0.6) is 0 Å². The minimum absolute atomic E-state index is 0.0742. The van der Waals surface area contributed by atoms with Gasteiger partial charge in [0, 0.05) is 12.5 Å². The predicted octanol–water partition coefficient (Wildman–Crippen LogP) is 2.79. The van der Waals surface area contributed by atoms with Crippen LogP contribution in [0.4, 0.5) is 0 Å². The summed E-state index contributed by atoms with van der Waals surface area (Å²) in [5.41, 5.74) is 2.09. The third-order valence-electron chi connectivity index (χ3n) is 3.73. The number of nitrogens with one attached hydrogen (secondary N) is 2. The number of fused-ring (bicyclic) bond motifs is 1. The van der Waals surface area contributed by atoms with Gasteiger partial charge in [0.25, 0.3) is 0 Å². The molecule has 1 atom stereocenters. The highest BCUT2D eigenvalue weighted by molar-refractivity contribution is 5.78. The molecule has 1 heterocycles. The number of imidazole rings is 1. The summed E-state index contributed by atoms with van der Waals surface area (Å²) in [6, 6.07) is 8.30. The molecule has 22 heavy (non-hydrogen) atoms. The highest BCUT2D eigenvalue weighted by Gasteiger charge is 2.19. The van der Waals surface area contributed by atoms with Crippen LogP contribution in [0.3, 0.4) is 0 Å². The first-order valence-corrected chi connectivity index (χ1v) is 7.95. The van der Waals surface area contributed by atoms with Crippen LogP contribution in [0.25, 0.3) is 11.0 Å². The molecule has 0 aliphatic carbocycles. The van der Waals surface area contributed by atoms with Gasteiger partial charge in [0.05, 0.1) is 17.1 Å². The second kappa shape index (κ2) is 7.40. The van der Waals surface area contributed by atoms with Gasteiger partial charge in [-0.05, 0) is 52.9 Å². The van der Waals surface area contributed by atoms with E-state index >= 15 is 0 Å². The summed E-state index contributed by atoms with van der Waals surface area (Å²) in [5, 5.41) is 6.11. The summed E-state index contributed by atoms with van der Waals surface area (Å²) in [6.07, 6.45) is 1.38. The normalized spacial score (nSPS) is 12.8. The first-order valence-electron chi connectivity index (χ1n) is 7.95. The summed E-state index contributed by atoms with van der Waals surface area (Å²) in [5.74, 6) is 0.989. The van der Waals surface area contributed by atoms with Crippen LogP contribution in [-0.4, -0.2) is 29.1 Å². The first-order chi connectivity index (χ1) is 10.5. The third kappa shape index (κ3) is 3.65. The van der Waals surface area contributed by atoms with Crippen LogP contribution in [0, 0.1) is 0 Å². The topological polar surface area (TPSA) is 59.0 Å². The zero-order chi connectivity index (χ0) is 16.1. The fraction of sp³-hybridized carbons (Fsp3) is 0.529. The fourth-order valence-electron chi connectivity index (χ4n) is 2.72. The Morgan fingerprint density at radius 3 is 2.68 bits per heavy atom. The van der Waals surface area contributed by atoms with Crippen molar-refractivity contribution in [2.24, 2.45) is 0 Å². The monoisotopic (exact) mass is 302 g/mol. The fourth-order valence-corrected chi connectivity index (χ4v) is 2.72. The Hall–Kier alpha value is -1.88. The van der Waals surface area contributed by atoms with Crippen LogP contribution in [0.15, 0.2) is 24.3 Å². The van der Waals surface area contributed by atoms with E-state index in [2.05, 4.69) is 35.1 Å². The van der Waals surface area contributed by atoms with E-state index in [1.807, 2.05) is 32.2 Å². The molecule has 2 aromatic rings. The molecule has 0 bridgehead atoms. The first kappa shape index (κ1) is 16.5. The van der Waals surface area contributed by atoms with Crippen molar-refractivity contribution in [3.63, 3.8) is 0 Å². The smallest absolute Gasteiger partial charge is 0.220 e. The Labute approximate surface area is 132 Å². The summed E-state index contributed by atoms with van der Waals surface area (Å²) < 4.78 is 2.20. The molecule has 1 amide bonds. The SMILES string of the molecule is CNCCCC(=O)NC(C)c1nc2ccccc2n1C(C)C. The van der Waals surface area contributed by atoms with Gasteiger partial charge in [-0.15, -0.1) is 0 Å². The number of carbonyl (C=O) groups excluding carboxylic acids is 1. The Balaban J connectivity index is 2.18. The molecule has 1 unspecified atom stereocenters. The van der Waals surface area contributed by atoms with Crippen molar-refractivity contribution in [2.75, 3.05) is 13.6 Å². The average molecular weight is 302 g/mol. The number of aromatic nitrogens is 2. The van der Waals surface area contributed by atoms with Crippen molar-refractivity contribution >= 4 is 16.9 Å². The lowest BCUT2D eigenvalue weighted by molar-refractivity contribution is -0.121. The average Bonchev–Trinajstić information content (AvgIpc) is 2.87. The van der Waals surface area contributed by atoms with Gasteiger partial charge in [-0.25, -0.2) is 4.98 Å². The van der Waals surface area contributed by atoms with E-state index in [1.165, 1.54) is 0 Å². The molecule has 0 spiro atoms. The number of rotatable bonds is 7. The number of carbonyl (C=O) groups is 1. The van der Waals surface area contributed by atoms with Crippen LogP contribution >= 0.6 is 0 Å². The van der Waals surface area contributed by atoms with Crippen molar-refractivity contribution in [1.82, 2.24) is 20.2 Å². The Morgan fingerprint density at radius 1 is 1.27 bits per heavy atom. The van der Waals surface area contributed by atoms with Crippen molar-refractivity contribution in [3.8, 4) is 0 Å². The van der Waals surface area contributed by atoms with Crippen molar-refractivity contribution in [2.45, 2.75) is 45.7 Å². The zero-order valence-electron chi connectivity index (χ0n) is 13.9. The van der Waals surface area contributed by atoms with E-state index in [9.17, 15) is 4.79 Å². The second-order valence-corrected chi connectivity index (χ2v) is 5.92. The van der Waals surface area contributed by atoms with Crippen LogP contribution < -0.4 is 10.6 Å². The molecular formula is C17H26N4O. The maximum Gasteiger partial charge on any atom is 0.220 e. The van der Waals surface area contributed by atoms with E-state index < -0.39 is 0 Å². The van der Waals surface area contributed by atoms with Gasteiger partial charge in [-0.2, -0.15) is 0 Å². The number of para-hydroxylation sites is 2. The number of hydrogen-bond donors (Lipinski definition) is 2. The molecule has 0 saturated heterocycles. The lowest BCUT2D eigenvalue weighted by Crippen LogP contribution is -2.29. The zero-order valence-corrected chi connectivity index (χ0v) is 13.9. The highest BCUT2D eigenvalue weighted by Crippen LogP contribution is 2.24. The molecule has 0 fully saturated rings. The lowest BCUT2D eigenvalue weighted by Gasteiger charge is -2.18. The van der Waals surface area contributed by atoms with Crippen molar-refractivity contribution in [3.05, 3.63) is 30.1 Å². The Bertz CT molecular complexity index is 633. The summed E-state index contributed by atoms with van der Waals surface area (Å²) in [7, 11) is 1.89. The van der Waals surface area contributed by atoms with Gasteiger partial charge < -0.3 is 15.2 Å². The molecular weight excluding hydrogens is 276 g/mol. The van der Waals surface area contributed by atoms with Gasteiger partial charge in [0.1, 0.15) is 5.82 Å². The number of amides is 1. The quantitative estimate of drug-likeness (QED) is 0.773. The van der Waals surface area contributed by atoms with Gasteiger partial charge >= 0.3 is 0 Å². The van der Waals surface area contributed by atoms with E-state index in [0.29, 0.717) is 12.5 Å². The lowest BCUT2D eigenvalue weighted by atomic mass is 10.2. The molecule has 0 radical (unpaired) electrons. The largest absolute Gasteiger partial charge is 0.346 e. The minimum Gasteiger partial charge on any atom is -0.346 e. The van der Waals surface area contributed by atoms with E-state index in [0.717, 1.165) is 29.8 Å². The molecule has 1 aromatic carbocycles. The molecule has 2 N–H and O–H groups in total. The molecule has 1 aromatic heterocycles. The molecule has 5 nitrogen and oxygen atoms in total. The summed E-state index contributed by atoms with van der Waals surface area (Å²) in [4.78, 5) is 16.7. The van der Waals surface area contributed by atoms with Gasteiger partial charge in [-0.3, -0.25) is 4.79 Å². The molecule has 120 valence electrons. The number of hydrogen-bond acceptors (Lipinski definition) is 3. The van der Waals surface area contributed by atoms with Gasteiger partial charge in [0.2, 0.25) is 5.91 Å². The van der Waals surface area contributed by atoms with Gasteiger partial charge in [0.15, 0.2) is 0 Å². The van der Waals surface area contributed by atoms with Crippen LogP contribution in [0.2, 0.25) is 0 Å². The number of benzene rings is 1. The van der Waals surface area contributed by atoms with Crippen molar-refractivity contribution < 1.29 is 4.79 Å². The summed E-state index contributed by atoms with van der Waals surface area (Å²) >= 11 is 0. The maximum atomic E-state index is 12.0. The minimum atomic E-state index is -0.100. The van der Waals surface area contributed by atoms with E-state index in [-0.39, 0.29) is 11.9 Å². The van der Waals surface area contributed by atoms with Crippen LogP contribution in [-0.2, 0) is 4.79 Å². The molecule has 0 aliphatic rings. The molecule has 0 saturated carbocycles. The predicted molar refractivity (Wildman–Crippen MR) is 89.8 cm³/mol. The standard InChI is InChI=1S/C17H26N4O/c1-12(2)21-15-9-6-5-8-14(15)20-17(21)13(3)19-16(22)10-7-11-18-4/h5-6,8-9,12-13,18H,7,10-11H2,1-4H3,(H,19,22). The van der Waals surface area contributed by atoms with Crippen LogP contribution in [0.1, 0.15) is 51.5 Å². The van der Waals surface area contributed by atoms with Crippen molar-refractivity contribution in [1.29, 1.82) is 0 Å². The third-order valence-corrected chi connectivity index (χ3v) is 3.73. The Morgan fingerprint density at radius 2 is 2.00 bits per heavy atom. The second-order valence-electron chi connectivity index (χ2n) is 5.92. The number of nitrogens with zero attached hydrogens (tertiary/aromatic N) is 2.